The lowest BCUT2D eigenvalue weighted by atomic mass is 10.0. The summed E-state index contributed by atoms with van der Waals surface area (Å²) in [7, 11) is 0. The second-order valence-corrected chi connectivity index (χ2v) is 6.61. The van der Waals surface area contributed by atoms with E-state index < -0.39 is 0 Å². The van der Waals surface area contributed by atoms with Gasteiger partial charge in [-0.25, -0.2) is 0 Å². The third kappa shape index (κ3) is 3.89. The monoisotopic (exact) mass is 361 g/mol. The highest BCUT2D eigenvalue weighted by Crippen LogP contribution is 2.28. The molecule has 2 aromatic carbocycles. The van der Waals surface area contributed by atoms with Crippen LogP contribution < -0.4 is 5.32 Å². The maximum absolute atomic E-state index is 6.16. The quantitative estimate of drug-likeness (QED) is 0.625. The molecule has 0 bridgehead atoms. The van der Waals surface area contributed by atoms with Crippen LogP contribution in [0.15, 0.2) is 47.0 Å². The summed E-state index contributed by atoms with van der Waals surface area (Å²) in [5, 5.41) is 8.30. The van der Waals surface area contributed by atoms with E-state index in [9.17, 15) is 0 Å². The molecule has 1 aromatic heterocycles. The molecule has 0 amide bonds. The molecule has 0 radical (unpaired) electrons. The summed E-state index contributed by atoms with van der Waals surface area (Å²) in [6.45, 7) is 4.79. The molecule has 1 N–H and O–H groups in total. The Morgan fingerprint density at radius 1 is 1.08 bits per heavy atom. The summed E-state index contributed by atoms with van der Waals surface area (Å²) in [4.78, 5) is 4.36. The van der Waals surface area contributed by atoms with E-state index >= 15 is 0 Å². The van der Waals surface area contributed by atoms with Crippen LogP contribution in [0, 0.1) is 0 Å². The molecular weight excluding hydrogens is 345 g/mol. The zero-order valence-corrected chi connectivity index (χ0v) is 14.9. The van der Waals surface area contributed by atoms with Crippen LogP contribution in [-0.2, 0) is 6.54 Å². The molecule has 4 nitrogen and oxygen atoms in total. The van der Waals surface area contributed by atoms with Crippen molar-refractivity contribution < 1.29 is 4.52 Å². The molecule has 0 aliphatic carbocycles. The first-order chi connectivity index (χ1) is 11.5. The minimum absolute atomic E-state index is 0.444. The molecule has 0 fully saturated rings. The largest absolute Gasteiger partial charge is 0.376 e. The van der Waals surface area contributed by atoms with Crippen molar-refractivity contribution in [1.29, 1.82) is 0 Å². The minimum Gasteiger partial charge on any atom is -0.376 e. The first kappa shape index (κ1) is 16.8. The van der Waals surface area contributed by atoms with Crippen LogP contribution in [0.25, 0.3) is 11.4 Å². The van der Waals surface area contributed by atoms with Gasteiger partial charge in [-0.3, -0.25) is 0 Å². The molecule has 0 saturated heterocycles. The molecule has 0 unspecified atom stereocenters. The highest BCUT2D eigenvalue weighted by atomic mass is 35.5. The molecule has 0 saturated carbocycles. The highest BCUT2D eigenvalue weighted by Gasteiger charge is 2.12. The lowest BCUT2D eigenvalue weighted by Crippen LogP contribution is -2.00. The van der Waals surface area contributed by atoms with Crippen LogP contribution >= 0.6 is 23.2 Å². The van der Waals surface area contributed by atoms with Crippen molar-refractivity contribution >= 4 is 28.9 Å². The zero-order valence-electron chi connectivity index (χ0n) is 13.4. The Morgan fingerprint density at radius 2 is 1.83 bits per heavy atom. The number of nitrogens with zero attached hydrogens (tertiary/aromatic N) is 2. The maximum atomic E-state index is 6.16. The van der Waals surface area contributed by atoms with Crippen molar-refractivity contribution in [2.45, 2.75) is 26.3 Å². The molecule has 24 heavy (non-hydrogen) atoms. The molecule has 3 aromatic rings. The van der Waals surface area contributed by atoms with Crippen molar-refractivity contribution in [3.05, 3.63) is 64.0 Å². The third-order valence-corrected chi connectivity index (χ3v) is 4.21. The van der Waals surface area contributed by atoms with Crippen LogP contribution in [0.1, 0.15) is 31.2 Å². The standard InChI is InChI=1S/C18H17Cl2N3O/c1-11(2)12-3-6-14(7-4-12)21-10-17-22-18(23-24-17)15-8-5-13(19)9-16(15)20/h3-9,11,21H,10H2,1-2H3. The van der Waals surface area contributed by atoms with E-state index in [1.54, 1.807) is 18.2 Å². The Balaban J connectivity index is 1.68. The topological polar surface area (TPSA) is 51.0 Å². The summed E-state index contributed by atoms with van der Waals surface area (Å²) in [6, 6.07) is 13.5. The van der Waals surface area contributed by atoms with Crippen molar-refractivity contribution in [1.82, 2.24) is 10.1 Å². The smallest absolute Gasteiger partial charge is 0.246 e. The Hall–Kier alpha value is -2.04. The first-order valence-corrected chi connectivity index (χ1v) is 8.40. The number of halogens is 2. The van der Waals surface area contributed by atoms with Gasteiger partial charge in [-0.15, -0.1) is 0 Å². The van der Waals surface area contributed by atoms with Gasteiger partial charge in [-0.1, -0.05) is 54.3 Å². The lowest BCUT2D eigenvalue weighted by molar-refractivity contribution is 0.384. The fraction of sp³-hybridized carbons (Fsp3) is 0.222. The SMILES string of the molecule is CC(C)c1ccc(NCc2nc(-c3ccc(Cl)cc3Cl)no2)cc1. The van der Waals surface area contributed by atoms with E-state index in [2.05, 4.69) is 41.4 Å². The fourth-order valence-electron chi connectivity index (χ4n) is 2.27. The van der Waals surface area contributed by atoms with Gasteiger partial charge in [0.15, 0.2) is 0 Å². The average Bonchev–Trinajstić information content (AvgIpc) is 3.02. The van der Waals surface area contributed by atoms with Crippen molar-refractivity contribution in [2.24, 2.45) is 0 Å². The van der Waals surface area contributed by atoms with Gasteiger partial charge in [-0.05, 0) is 41.8 Å². The Labute approximate surface area is 150 Å². The van der Waals surface area contributed by atoms with E-state index in [0.717, 1.165) is 5.69 Å². The Kier molecular flexibility index (Phi) is 5.07. The fourth-order valence-corrected chi connectivity index (χ4v) is 2.76. The molecule has 0 spiro atoms. The number of benzene rings is 2. The van der Waals surface area contributed by atoms with Crippen LogP contribution in [0.3, 0.4) is 0 Å². The number of hydrogen-bond donors (Lipinski definition) is 1. The summed E-state index contributed by atoms with van der Waals surface area (Å²) < 4.78 is 5.27. The zero-order chi connectivity index (χ0) is 17.1. The number of nitrogens with one attached hydrogen (secondary N) is 1. The van der Waals surface area contributed by atoms with Gasteiger partial charge in [0.05, 0.1) is 11.6 Å². The van der Waals surface area contributed by atoms with Crippen molar-refractivity contribution in [3.63, 3.8) is 0 Å². The lowest BCUT2D eigenvalue weighted by Gasteiger charge is -2.07. The van der Waals surface area contributed by atoms with Crippen LogP contribution in [0.4, 0.5) is 5.69 Å². The van der Waals surface area contributed by atoms with E-state index in [0.29, 0.717) is 39.8 Å². The van der Waals surface area contributed by atoms with Crippen molar-refractivity contribution in [3.8, 4) is 11.4 Å². The molecule has 6 heteroatoms. The molecule has 124 valence electrons. The minimum atomic E-state index is 0.444. The first-order valence-electron chi connectivity index (χ1n) is 7.65. The van der Waals surface area contributed by atoms with E-state index in [1.165, 1.54) is 5.56 Å². The average molecular weight is 362 g/mol. The number of aromatic nitrogens is 2. The molecule has 0 aliphatic rings. The molecule has 3 rings (SSSR count). The van der Waals surface area contributed by atoms with Gasteiger partial charge in [0, 0.05) is 16.3 Å². The predicted molar refractivity (Wildman–Crippen MR) is 97.6 cm³/mol. The molecule has 1 heterocycles. The third-order valence-electron chi connectivity index (χ3n) is 3.66. The van der Waals surface area contributed by atoms with Gasteiger partial charge in [0.2, 0.25) is 11.7 Å². The second kappa shape index (κ2) is 7.24. The van der Waals surface area contributed by atoms with Gasteiger partial charge in [-0.2, -0.15) is 4.98 Å². The predicted octanol–water partition coefficient (Wildman–Crippen LogP) is 5.78. The molecule has 0 atom stereocenters. The van der Waals surface area contributed by atoms with E-state index in [-0.39, 0.29) is 0 Å². The molecular formula is C18H17Cl2N3O. The summed E-state index contributed by atoms with van der Waals surface area (Å²) >= 11 is 12.1. The summed E-state index contributed by atoms with van der Waals surface area (Å²) in [5.74, 6) is 1.45. The van der Waals surface area contributed by atoms with Gasteiger partial charge in [0.1, 0.15) is 0 Å². The van der Waals surface area contributed by atoms with Crippen molar-refractivity contribution in [2.75, 3.05) is 5.32 Å². The number of hydrogen-bond acceptors (Lipinski definition) is 4. The summed E-state index contributed by atoms with van der Waals surface area (Å²) in [6.07, 6.45) is 0. The van der Waals surface area contributed by atoms with Gasteiger partial charge in [0.25, 0.3) is 0 Å². The van der Waals surface area contributed by atoms with Crippen LogP contribution in [0.5, 0.6) is 0 Å². The van der Waals surface area contributed by atoms with Gasteiger partial charge < -0.3 is 9.84 Å². The normalized spacial score (nSPS) is 11.0. The molecule has 0 aliphatic heterocycles. The Morgan fingerprint density at radius 3 is 2.50 bits per heavy atom. The Bertz CT molecular complexity index is 829. The van der Waals surface area contributed by atoms with Crippen LogP contribution in [0.2, 0.25) is 10.0 Å². The van der Waals surface area contributed by atoms with E-state index in [4.69, 9.17) is 27.7 Å². The highest BCUT2D eigenvalue weighted by molar-refractivity contribution is 6.36. The van der Waals surface area contributed by atoms with E-state index in [1.807, 2.05) is 12.1 Å². The van der Waals surface area contributed by atoms with Crippen LogP contribution in [-0.4, -0.2) is 10.1 Å². The number of rotatable bonds is 5. The van der Waals surface area contributed by atoms with Gasteiger partial charge >= 0.3 is 0 Å². The summed E-state index contributed by atoms with van der Waals surface area (Å²) in [5.41, 5.74) is 3.00. The number of anilines is 1. The maximum Gasteiger partial charge on any atom is 0.246 e. The second-order valence-electron chi connectivity index (χ2n) is 5.77.